The fourth-order valence-electron chi connectivity index (χ4n) is 2.09. The van der Waals surface area contributed by atoms with Crippen LogP contribution in [0.5, 0.6) is 0 Å². The molecule has 0 spiro atoms. The Labute approximate surface area is 163 Å². The van der Waals surface area contributed by atoms with Gasteiger partial charge in [-0.05, 0) is 27.7 Å². The first-order chi connectivity index (χ1) is 13.2. The lowest BCUT2D eigenvalue weighted by Gasteiger charge is -2.20. The second kappa shape index (κ2) is 9.42. The molecule has 2 heterocycles. The standard InChI is InChI=1S/C16H26N5O6P/c1-5-26-28(23,27-10-25-15(22)16(2,3)4)11-24-7-6-21-9-20-12-13(17)18-8-19-14(12)21/h8-9H,5-7,10-11H2,1-4H3,(H2,17,18,19). The Hall–Kier alpha value is -2.07. The van der Waals surface area contributed by atoms with Gasteiger partial charge in [0, 0.05) is 6.54 Å². The molecule has 0 radical (unpaired) electrons. The van der Waals surface area contributed by atoms with Crippen LogP contribution in [0, 0.1) is 5.41 Å². The molecule has 2 aromatic heterocycles. The monoisotopic (exact) mass is 415 g/mol. The highest BCUT2D eigenvalue weighted by atomic mass is 31.2. The van der Waals surface area contributed by atoms with E-state index < -0.39 is 25.8 Å². The van der Waals surface area contributed by atoms with E-state index in [4.69, 9.17) is 24.3 Å². The van der Waals surface area contributed by atoms with Crippen molar-refractivity contribution in [3.63, 3.8) is 0 Å². The van der Waals surface area contributed by atoms with Gasteiger partial charge in [-0.3, -0.25) is 13.9 Å². The molecule has 0 aromatic carbocycles. The molecule has 1 unspecified atom stereocenters. The highest BCUT2D eigenvalue weighted by Crippen LogP contribution is 2.48. The van der Waals surface area contributed by atoms with Crippen molar-refractivity contribution in [2.45, 2.75) is 34.2 Å². The third kappa shape index (κ3) is 5.96. The summed E-state index contributed by atoms with van der Waals surface area (Å²) < 4.78 is 35.2. The van der Waals surface area contributed by atoms with E-state index in [1.54, 1.807) is 38.6 Å². The molecule has 0 aliphatic rings. The summed E-state index contributed by atoms with van der Waals surface area (Å²) in [6.07, 6.45) is 2.65. The topological polar surface area (TPSA) is 141 Å². The second-order valence-electron chi connectivity index (χ2n) is 6.86. The maximum Gasteiger partial charge on any atom is 0.358 e. The van der Waals surface area contributed by atoms with Crippen LogP contribution in [0.2, 0.25) is 0 Å². The number of nitrogen functional groups attached to an aromatic ring is 1. The van der Waals surface area contributed by atoms with Crippen molar-refractivity contribution in [1.29, 1.82) is 0 Å². The molecule has 0 fully saturated rings. The smallest absolute Gasteiger partial charge is 0.358 e. The van der Waals surface area contributed by atoms with Gasteiger partial charge in [0.25, 0.3) is 0 Å². The molecule has 0 bridgehead atoms. The minimum Gasteiger partial charge on any atom is -0.438 e. The first-order valence-electron chi connectivity index (χ1n) is 8.70. The molecule has 0 aliphatic carbocycles. The highest BCUT2D eigenvalue weighted by Gasteiger charge is 2.28. The number of carbonyl (C=O) groups is 1. The number of anilines is 1. The van der Waals surface area contributed by atoms with Gasteiger partial charge >= 0.3 is 13.6 Å². The van der Waals surface area contributed by atoms with Gasteiger partial charge in [-0.1, -0.05) is 0 Å². The van der Waals surface area contributed by atoms with Crippen LogP contribution in [-0.2, 0) is 34.4 Å². The lowest BCUT2D eigenvalue weighted by molar-refractivity contribution is -0.160. The average Bonchev–Trinajstić information content (AvgIpc) is 3.03. The van der Waals surface area contributed by atoms with E-state index in [2.05, 4.69) is 15.0 Å². The summed E-state index contributed by atoms with van der Waals surface area (Å²) >= 11 is 0. The number of imidazole rings is 1. The van der Waals surface area contributed by atoms with Gasteiger partial charge in [-0.2, -0.15) is 0 Å². The zero-order valence-corrected chi connectivity index (χ0v) is 17.3. The van der Waals surface area contributed by atoms with Gasteiger partial charge < -0.3 is 24.3 Å². The summed E-state index contributed by atoms with van der Waals surface area (Å²) in [5.74, 6) is -0.173. The molecule has 2 rings (SSSR count). The van der Waals surface area contributed by atoms with Gasteiger partial charge in [0.2, 0.25) is 6.79 Å². The second-order valence-corrected chi connectivity index (χ2v) is 8.86. The van der Waals surface area contributed by atoms with Crippen molar-refractivity contribution >= 4 is 30.5 Å². The van der Waals surface area contributed by atoms with Crippen molar-refractivity contribution in [3.8, 4) is 0 Å². The Morgan fingerprint density at radius 3 is 2.68 bits per heavy atom. The minimum atomic E-state index is -3.56. The normalized spacial score (nSPS) is 14.1. The molecule has 11 nitrogen and oxygen atoms in total. The quantitative estimate of drug-likeness (QED) is 0.266. The number of esters is 1. The maximum absolute atomic E-state index is 12.6. The number of nitrogens with two attached hydrogens (primary N) is 1. The highest BCUT2D eigenvalue weighted by molar-refractivity contribution is 7.53. The third-order valence-electron chi connectivity index (χ3n) is 3.53. The molecule has 0 aliphatic heterocycles. The molecule has 2 aromatic rings. The number of fused-ring (bicyclic) bond motifs is 1. The van der Waals surface area contributed by atoms with E-state index in [1.165, 1.54) is 6.33 Å². The number of nitrogens with zero attached hydrogens (tertiary/aromatic N) is 4. The van der Waals surface area contributed by atoms with Crippen LogP contribution >= 0.6 is 7.60 Å². The summed E-state index contributed by atoms with van der Waals surface area (Å²) in [6.45, 7) is 7.10. The van der Waals surface area contributed by atoms with Crippen LogP contribution in [0.1, 0.15) is 27.7 Å². The summed E-state index contributed by atoms with van der Waals surface area (Å²) in [7, 11) is -3.56. The summed E-state index contributed by atoms with van der Waals surface area (Å²) in [5, 5.41) is 0. The van der Waals surface area contributed by atoms with Gasteiger partial charge in [0.15, 0.2) is 11.5 Å². The van der Waals surface area contributed by atoms with Crippen LogP contribution in [0.3, 0.4) is 0 Å². The van der Waals surface area contributed by atoms with E-state index in [9.17, 15) is 9.36 Å². The summed E-state index contributed by atoms with van der Waals surface area (Å²) in [6, 6.07) is 0. The van der Waals surface area contributed by atoms with Crippen molar-refractivity contribution in [2.24, 2.45) is 5.41 Å². The van der Waals surface area contributed by atoms with E-state index >= 15 is 0 Å². The van der Waals surface area contributed by atoms with Gasteiger partial charge in [-0.15, -0.1) is 0 Å². The fraction of sp³-hybridized carbons (Fsp3) is 0.625. The predicted octanol–water partition coefficient (Wildman–Crippen LogP) is 2.18. The summed E-state index contributed by atoms with van der Waals surface area (Å²) in [5.41, 5.74) is 6.14. The van der Waals surface area contributed by atoms with Crippen LogP contribution in [-0.4, -0.2) is 51.8 Å². The van der Waals surface area contributed by atoms with Gasteiger partial charge in [-0.25, -0.2) is 15.0 Å². The molecule has 0 saturated heterocycles. The maximum atomic E-state index is 12.6. The first-order valence-corrected chi connectivity index (χ1v) is 10.4. The van der Waals surface area contributed by atoms with E-state index in [1.807, 2.05) is 0 Å². The Morgan fingerprint density at radius 2 is 2.00 bits per heavy atom. The molecule has 28 heavy (non-hydrogen) atoms. The Kier molecular flexibility index (Phi) is 7.48. The third-order valence-corrected chi connectivity index (χ3v) is 5.18. The van der Waals surface area contributed by atoms with Crippen LogP contribution < -0.4 is 5.73 Å². The fourth-order valence-corrected chi connectivity index (χ4v) is 3.27. The van der Waals surface area contributed by atoms with Crippen LogP contribution in [0.4, 0.5) is 5.82 Å². The molecule has 156 valence electrons. The Balaban J connectivity index is 1.84. The lowest BCUT2D eigenvalue weighted by Crippen LogP contribution is -2.24. The van der Waals surface area contributed by atoms with Crippen molar-refractivity contribution in [1.82, 2.24) is 19.5 Å². The predicted molar refractivity (Wildman–Crippen MR) is 101 cm³/mol. The number of hydrogen-bond acceptors (Lipinski definition) is 10. The van der Waals surface area contributed by atoms with Gasteiger partial charge in [0.1, 0.15) is 18.2 Å². The molecule has 12 heteroatoms. The van der Waals surface area contributed by atoms with E-state index in [0.717, 1.165) is 0 Å². The number of aromatic nitrogens is 4. The van der Waals surface area contributed by atoms with E-state index in [-0.39, 0.29) is 19.6 Å². The number of ether oxygens (including phenoxy) is 2. The molecule has 1 atom stereocenters. The van der Waals surface area contributed by atoms with Gasteiger partial charge in [0.05, 0.1) is 25.0 Å². The molecular weight excluding hydrogens is 389 g/mol. The van der Waals surface area contributed by atoms with Crippen LogP contribution in [0.25, 0.3) is 11.2 Å². The summed E-state index contributed by atoms with van der Waals surface area (Å²) in [4.78, 5) is 23.9. The Morgan fingerprint density at radius 1 is 1.25 bits per heavy atom. The molecule has 2 N–H and O–H groups in total. The molecular formula is C16H26N5O6P. The number of carbonyl (C=O) groups excluding carboxylic acids is 1. The zero-order chi connectivity index (χ0) is 20.8. The first kappa shape index (κ1) is 22.2. The Bertz CT molecular complexity index is 850. The van der Waals surface area contributed by atoms with E-state index in [0.29, 0.717) is 23.5 Å². The zero-order valence-electron chi connectivity index (χ0n) is 16.5. The van der Waals surface area contributed by atoms with Crippen molar-refractivity contribution in [3.05, 3.63) is 12.7 Å². The number of rotatable bonds is 10. The van der Waals surface area contributed by atoms with Crippen molar-refractivity contribution < 1.29 is 27.9 Å². The largest absolute Gasteiger partial charge is 0.438 e. The number of hydrogen-bond donors (Lipinski definition) is 1. The van der Waals surface area contributed by atoms with Crippen molar-refractivity contribution in [2.75, 3.05) is 32.1 Å². The SMILES string of the molecule is CCOP(=O)(COCCn1cnc2c(N)ncnc21)OCOC(=O)C(C)(C)C. The molecule has 0 saturated carbocycles. The minimum absolute atomic E-state index is 0.163. The lowest BCUT2D eigenvalue weighted by atomic mass is 9.98. The molecule has 0 amide bonds. The van der Waals surface area contributed by atoms with Crippen LogP contribution in [0.15, 0.2) is 12.7 Å². The average molecular weight is 415 g/mol.